The molecule has 0 saturated carbocycles. The summed E-state index contributed by atoms with van der Waals surface area (Å²) >= 11 is 0. The largest absolute Gasteiger partial charge is 0.497 e. The van der Waals surface area contributed by atoms with Crippen molar-refractivity contribution < 1.29 is 19.0 Å². The summed E-state index contributed by atoms with van der Waals surface area (Å²) in [5.41, 5.74) is 4.66. The Bertz CT molecular complexity index is 1400. The standard InChI is InChI=1S/C27H28N4O4/c1-33-20-4-6-25-17(10-20)9-18(15-35-25)26(32)23-14-31(13-19-7-8-28-19)24-11-16(3-5-21(23)24)22-12-29-30-27(22)34-2/h3-6,10-12,14,18-19,28H,7-9,13,15H2,1-2H3,(H,29,30)/t18?,19-/m1/s1. The molecule has 0 amide bonds. The first-order valence-electron chi connectivity index (χ1n) is 11.9. The lowest BCUT2D eigenvalue weighted by molar-refractivity contribution is 0.0856. The lowest BCUT2D eigenvalue weighted by Crippen LogP contribution is -2.45. The second kappa shape index (κ2) is 8.78. The summed E-state index contributed by atoms with van der Waals surface area (Å²) in [5.74, 6) is 2.08. The molecule has 6 rings (SSSR count). The lowest BCUT2D eigenvalue weighted by atomic mass is 9.89. The van der Waals surface area contributed by atoms with Crippen LogP contribution in [0.2, 0.25) is 0 Å². The molecule has 4 heterocycles. The molecule has 0 spiro atoms. The fourth-order valence-corrected chi connectivity index (χ4v) is 5.07. The first kappa shape index (κ1) is 21.7. The second-order valence-corrected chi connectivity index (χ2v) is 9.23. The van der Waals surface area contributed by atoms with Crippen molar-refractivity contribution in [3.05, 3.63) is 59.9 Å². The van der Waals surface area contributed by atoms with Gasteiger partial charge < -0.3 is 24.1 Å². The number of carbonyl (C=O) groups is 1. The van der Waals surface area contributed by atoms with Crippen LogP contribution in [0.3, 0.4) is 0 Å². The van der Waals surface area contributed by atoms with Gasteiger partial charge in [0.1, 0.15) is 11.5 Å². The summed E-state index contributed by atoms with van der Waals surface area (Å²) in [7, 11) is 3.27. The number of Topliss-reactive ketones (excluding diaryl/α,β-unsaturated/α-hetero) is 1. The molecule has 1 saturated heterocycles. The predicted octanol–water partition coefficient (Wildman–Crippen LogP) is 3.84. The van der Waals surface area contributed by atoms with Crippen LogP contribution in [0.5, 0.6) is 17.4 Å². The number of carbonyl (C=O) groups excluding carboxylic acids is 1. The van der Waals surface area contributed by atoms with E-state index in [4.69, 9.17) is 14.2 Å². The topological polar surface area (TPSA) is 90.4 Å². The van der Waals surface area contributed by atoms with Crippen LogP contribution in [0.4, 0.5) is 0 Å². The van der Waals surface area contributed by atoms with Gasteiger partial charge in [-0.3, -0.25) is 4.79 Å². The molecule has 2 aliphatic rings. The first-order chi connectivity index (χ1) is 17.1. The summed E-state index contributed by atoms with van der Waals surface area (Å²) < 4.78 is 19.0. The molecule has 8 nitrogen and oxygen atoms in total. The Labute approximate surface area is 203 Å². The zero-order valence-corrected chi connectivity index (χ0v) is 19.8. The molecule has 2 aromatic carbocycles. The molecule has 2 N–H and O–H groups in total. The van der Waals surface area contributed by atoms with Gasteiger partial charge in [-0.2, -0.15) is 5.10 Å². The monoisotopic (exact) mass is 472 g/mol. The van der Waals surface area contributed by atoms with E-state index in [1.165, 1.54) is 0 Å². The van der Waals surface area contributed by atoms with E-state index in [9.17, 15) is 4.79 Å². The maximum absolute atomic E-state index is 13.8. The van der Waals surface area contributed by atoms with E-state index in [0.717, 1.165) is 64.2 Å². The summed E-state index contributed by atoms with van der Waals surface area (Å²) in [6, 6.07) is 12.4. The molecule has 0 bridgehead atoms. The quantitative estimate of drug-likeness (QED) is 0.397. The number of methoxy groups -OCH3 is 2. The molecule has 8 heteroatoms. The highest BCUT2D eigenvalue weighted by Gasteiger charge is 2.30. The van der Waals surface area contributed by atoms with Crippen molar-refractivity contribution in [2.75, 3.05) is 27.4 Å². The van der Waals surface area contributed by atoms with Crippen molar-refractivity contribution in [1.29, 1.82) is 0 Å². The van der Waals surface area contributed by atoms with Gasteiger partial charge in [0.05, 0.1) is 38.5 Å². The average molecular weight is 473 g/mol. The number of benzene rings is 2. The Morgan fingerprint density at radius 1 is 1.20 bits per heavy atom. The van der Waals surface area contributed by atoms with Crippen LogP contribution >= 0.6 is 0 Å². The molecule has 4 aromatic rings. The zero-order valence-electron chi connectivity index (χ0n) is 19.8. The van der Waals surface area contributed by atoms with Crippen molar-refractivity contribution in [1.82, 2.24) is 20.1 Å². The highest BCUT2D eigenvalue weighted by Crippen LogP contribution is 2.35. The summed E-state index contributed by atoms with van der Waals surface area (Å²) in [5, 5.41) is 11.4. The Kier molecular flexibility index (Phi) is 5.45. The van der Waals surface area contributed by atoms with Crippen LogP contribution in [-0.2, 0) is 13.0 Å². The van der Waals surface area contributed by atoms with Gasteiger partial charge in [-0.1, -0.05) is 12.1 Å². The number of hydrogen-bond donors (Lipinski definition) is 2. The summed E-state index contributed by atoms with van der Waals surface area (Å²) in [4.78, 5) is 13.8. The maximum atomic E-state index is 13.8. The highest BCUT2D eigenvalue weighted by molar-refractivity contribution is 6.10. The van der Waals surface area contributed by atoms with E-state index in [1.54, 1.807) is 20.4 Å². The average Bonchev–Trinajstić information content (AvgIpc) is 3.49. The van der Waals surface area contributed by atoms with Gasteiger partial charge in [-0.25, -0.2) is 5.10 Å². The third-order valence-electron chi connectivity index (χ3n) is 7.15. The molecule has 2 atom stereocenters. The van der Waals surface area contributed by atoms with Gasteiger partial charge in [-0.15, -0.1) is 0 Å². The number of hydrogen-bond acceptors (Lipinski definition) is 6. The normalized spacial score (nSPS) is 19.0. The van der Waals surface area contributed by atoms with E-state index in [2.05, 4.69) is 26.1 Å². The summed E-state index contributed by atoms with van der Waals surface area (Å²) in [6.45, 7) is 2.23. The number of ketones is 1. The van der Waals surface area contributed by atoms with Crippen molar-refractivity contribution >= 4 is 16.7 Å². The summed E-state index contributed by atoms with van der Waals surface area (Å²) in [6.07, 6.45) is 5.54. The highest BCUT2D eigenvalue weighted by atomic mass is 16.5. The van der Waals surface area contributed by atoms with E-state index in [0.29, 0.717) is 24.9 Å². The molecule has 2 aliphatic heterocycles. The van der Waals surface area contributed by atoms with Gasteiger partial charge in [-0.05, 0) is 54.8 Å². The fraction of sp³-hybridized carbons (Fsp3) is 0.333. The lowest BCUT2D eigenvalue weighted by Gasteiger charge is -2.28. The minimum absolute atomic E-state index is 0.109. The molecule has 1 fully saturated rings. The molecule has 2 aromatic heterocycles. The van der Waals surface area contributed by atoms with Gasteiger partial charge in [0, 0.05) is 35.2 Å². The molecular weight excluding hydrogens is 444 g/mol. The number of aromatic amines is 1. The third kappa shape index (κ3) is 3.83. The molecule has 1 unspecified atom stereocenters. The Morgan fingerprint density at radius 3 is 2.86 bits per heavy atom. The van der Waals surface area contributed by atoms with Crippen LogP contribution in [0.25, 0.3) is 22.0 Å². The van der Waals surface area contributed by atoms with Crippen molar-refractivity contribution in [2.24, 2.45) is 5.92 Å². The number of nitrogens with zero attached hydrogens (tertiary/aromatic N) is 2. The zero-order chi connectivity index (χ0) is 23.9. The third-order valence-corrected chi connectivity index (χ3v) is 7.15. The minimum Gasteiger partial charge on any atom is -0.497 e. The second-order valence-electron chi connectivity index (χ2n) is 9.23. The first-order valence-corrected chi connectivity index (χ1v) is 11.9. The number of ether oxygens (including phenoxy) is 3. The van der Waals surface area contributed by atoms with E-state index in [1.807, 2.05) is 36.5 Å². The van der Waals surface area contributed by atoms with Crippen LogP contribution in [-0.4, -0.2) is 54.0 Å². The van der Waals surface area contributed by atoms with Crippen LogP contribution < -0.4 is 19.5 Å². The van der Waals surface area contributed by atoms with E-state index < -0.39 is 0 Å². The molecule has 35 heavy (non-hydrogen) atoms. The van der Waals surface area contributed by atoms with Crippen LogP contribution in [0.15, 0.2) is 48.8 Å². The van der Waals surface area contributed by atoms with Crippen molar-refractivity contribution in [3.8, 4) is 28.5 Å². The number of fused-ring (bicyclic) bond motifs is 2. The number of aromatic nitrogens is 3. The van der Waals surface area contributed by atoms with Crippen LogP contribution in [0, 0.1) is 5.92 Å². The number of H-pyrrole nitrogens is 1. The number of rotatable bonds is 7. The molecular formula is C27H28N4O4. The van der Waals surface area contributed by atoms with Gasteiger partial charge >= 0.3 is 0 Å². The van der Waals surface area contributed by atoms with Crippen molar-refractivity contribution in [3.63, 3.8) is 0 Å². The Hall–Kier alpha value is -3.78. The molecule has 0 aliphatic carbocycles. The van der Waals surface area contributed by atoms with Crippen molar-refractivity contribution in [2.45, 2.75) is 25.4 Å². The predicted molar refractivity (Wildman–Crippen MR) is 132 cm³/mol. The van der Waals surface area contributed by atoms with Crippen LogP contribution in [0.1, 0.15) is 22.3 Å². The Morgan fingerprint density at radius 2 is 2.09 bits per heavy atom. The van der Waals surface area contributed by atoms with Gasteiger partial charge in [0.2, 0.25) is 5.88 Å². The SMILES string of the molecule is COc1ccc2c(c1)CC(C(=O)c1cn(C[C@H]3CCN3)c3cc(-c4cn[nH]c4OC)ccc13)CO2. The van der Waals surface area contributed by atoms with E-state index >= 15 is 0 Å². The molecule has 0 radical (unpaired) electrons. The number of nitrogens with one attached hydrogen (secondary N) is 2. The van der Waals surface area contributed by atoms with E-state index in [-0.39, 0.29) is 11.7 Å². The van der Waals surface area contributed by atoms with Gasteiger partial charge in [0.15, 0.2) is 5.78 Å². The minimum atomic E-state index is -0.246. The molecule has 180 valence electrons. The smallest absolute Gasteiger partial charge is 0.216 e. The maximum Gasteiger partial charge on any atom is 0.216 e. The Balaban J connectivity index is 1.37. The fourth-order valence-electron chi connectivity index (χ4n) is 5.07. The van der Waals surface area contributed by atoms with Gasteiger partial charge in [0.25, 0.3) is 0 Å².